The molecule has 2 aromatic carbocycles. The number of aliphatic hydroxyl groups is 1. The molecular formula is C24H30ClNO2. The fourth-order valence-corrected chi connectivity index (χ4v) is 4.62. The Balaban J connectivity index is 2.26. The topological polar surface area (TPSA) is 32.7 Å². The molecule has 2 atom stereocenters. The summed E-state index contributed by atoms with van der Waals surface area (Å²) in [6.45, 7) is 0.790. The maximum atomic E-state index is 12.4. The molecule has 1 N–H and O–H groups in total. The average Bonchev–Trinajstić information content (AvgIpc) is 2.84. The molecule has 2 unspecified atom stereocenters. The van der Waals surface area contributed by atoms with Gasteiger partial charge in [-0.15, -0.1) is 0 Å². The summed E-state index contributed by atoms with van der Waals surface area (Å²) in [5, 5.41) is 13.0. The van der Waals surface area contributed by atoms with Gasteiger partial charge in [-0.05, 0) is 51.1 Å². The lowest BCUT2D eigenvalue weighted by molar-refractivity contribution is -0.00157. The molecule has 0 radical (unpaired) electrons. The van der Waals surface area contributed by atoms with Crippen molar-refractivity contribution in [3.05, 3.63) is 76.3 Å². The molecule has 0 aromatic heterocycles. The van der Waals surface area contributed by atoms with E-state index >= 15 is 0 Å². The third-order valence-electron chi connectivity index (χ3n) is 5.64. The highest BCUT2D eigenvalue weighted by Crippen LogP contribution is 2.47. The number of rotatable bonds is 5. The number of hydrogen-bond donors (Lipinski definition) is 1. The first-order chi connectivity index (χ1) is 13.5. The maximum Gasteiger partial charge on any atom is 0.128 e. The minimum atomic E-state index is -1.13. The van der Waals surface area contributed by atoms with Crippen LogP contribution in [0.25, 0.3) is 5.76 Å². The van der Waals surface area contributed by atoms with Gasteiger partial charge in [-0.2, -0.15) is 0 Å². The second kappa shape index (κ2) is 9.13. The Kier molecular flexibility index (Phi) is 6.82. The molecule has 1 fully saturated rings. The van der Waals surface area contributed by atoms with Crippen LogP contribution in [0.4, 0.5) is 0 Å². The van der Waals surface area contributed by atoms with E-state index in [9.17, 15) is 5.11 Å². The normalized spacial score (nSPS) is 24.7. The maximum absolute atomic E-state index is 12.4. The zero-order valence-corrected chi connectivity index (χ0v) is 17.7. The van der Waals surface area contributed by atoms with E-state index in [0.717, 1.165) is 54.7 Å². The Hall–Kier alpha value is -1.81. The molecule has 0 saturated heterocycles. The van der Waals surface area contributed by atoms with Crippen LogP contribution >= 0.6 is 11.6 Å². The summed E-state index contributed by atoms with van der Waals surface area (Å²) in [6, 6.07) is 17.7. The van der Waals surface area contributed by atoms with Gasteiger partial charge in [-0.25, -0.2) is 0 Å². The van der Waals surface area contributed by atoms with Crippen LogP contribution in [0.3, 0.4) is 0 Å². The summed E-state index contributed by atoms with van der Waals surface area (Å²) in [6.07, 6.45) is 3.86. The van der Waals surface area contributed by atoms with Gasteiger partial charge in [0.1, 0.15) is 11.4 Å². The van der Waals surface area contributed by atoms with Gasteiger partial charge in [0.2, 0.25) is 0 Å². The minimum Gasteiger partial charge on any atom is -0.496 e. The molecule has 0 aliphatic heterocycles. The average molecular weight is 400 g/mol. The second-order valence-electron chi connectivity index (χ2n) is 7.86. The Morgan fingerprint density at radius 3 is 2.54 bits per heavy atom. The standard InChI is InChI=1S/C24H30ClNO2/c1-26(2)17-20-12-7-8-15-22(23(28-3)18-10-5-4-6-11-18)24(20,27)19-13-9-14-21(25)16-19/h4-6,9-11,13-14,16,20,27H,7-8,12,15,17H2,1-3H3. The van der Waals surface area contributed by atoms with Gasteiger partial charge in [0.25, 0.3) is 0 Å². The van der Waals surface area contributed by atoms with Crippen molar-refractivity contribution >= 4 is 17.4 Å². The van der Waals surface area contributed by atoms with E-state index in [-0.39, 0.29) is 5.92 Å². The van der Waals surface area contributed by atoms with Crippen molar-refractivity contribution in [1.29, 1.82) is 0 Å². The zero-order valence-electron chi connectivity index (χ0n) is 17.0. The predicted octanol–water partition coefficient (Wildman–Crippen LogP) is 5.34. The van der Waals surface area contributed by atoms with E-state index in [1.54, 1.807) is 7.11 Å². The summed E-state index contributed by atoms with van der Waals surface area (Å²) in [5.41, 5.74) is 1.65. The monoisotopic (exact) mass is 399 g/mol. The molecule has 150 valence electrons. The van der Waals surface area contributed by atoms with Crippen LogP contribution in [0.5, 0.6) is 0 Å². The molecule has 0 bridgehead atoms. The van der Waals surface area contributed by atoms with Gasteiger partial charge in [-0.3, -0.25) is 0 Å². The smallest absolute Gasteiger partial charge is 0.128 e. The molecule has 3 rings (SSSR count). The highest BCUT2D eigenvalue weighted by molar-refractivity contribution is 6.30. The Bertz CT molecular complexity index is 818. The van der Waals surface area contributed by atoms with Crippen LogP contribution in [0.2, 0.25) is 5.02 Å². The Labute approximate surface area is 173 Å². The molecule has 0 spiro atoms. The van der Waals surface area contributed by atoms with Crippen LogP contribution in [0, 0.1) is 5.92 Å². The summed E-state index contributed by atoms with van der Waals surface area (Å²) in [4.78, 5) is 2.15. The predicted molar refractivity (Wildman–Crippen MR) is 116 cm³/mol. The molecule has 1 saturated carbocycles. The van der Waals surface area contributed by atoms with E-state index < -0.39 is 5.60 Å². The van der Waals surface area contributed by atoms with Gasteiger partial charge in [-0.1, -0.05) is 60.5 Å². The lowest BCUT2D eigenvalue weighted by atomic mass is 9.73. The molecule has 0 amide bonds. The number of methoxy groups -OCH3 is 1. The lowest BCUT2D eigenvalue weighted by Gasteiger charge is -2.39. The van der Waals surface area contributed by atoms with Crippen molar-refractivity contribution < 1.29 is 9.84 Å². The molecule has 28 heavy (non-hydrogen) atoms. The highest BCUT2D eigenvalue weighted by atomic mass is 35.5. The molecule has 2 aromatic rings. The summed E-state index contributed by atoms with van der Waals surface area (Å²) < 4.78 is 5.90. The lowest BCUT2D eigenvalue weighted by Crippen LogP contribution is -2.42. The van der Waals surface area contributed by atoms with Crippen molar-refractivity contribution in [3.63, 3.8) is 0 Å². The molecule has 3 nitrogen and oxygen atoms in total. The van der Waals surface area contributed by atoms with E-state index in [2.05, 4.69) is 19.0 Å². The SMILES string of the molecule is COC(=C1CCCCC(CN(C)C)C1(O)c1cccc(Cl)c1)c1ccccc1. The van der Waals surface area contributed by atoms with Crippen molar-refractivity contribution in [2.24, 2.45) is 5.92 Å². The third kappa shape index (κ3) is 4.27. The Morgan fingerprint density at radius 1 is 1.14 bits per heavy atom. The van der Waals surface area contributed by atoms with Crippen LogP contribution in [-0.4, -0.2) is 37.8 Å². The van der Waals surface area contributed by atoms with E-state index in [1.807, 2.05) is 54.6 Å². The summed E-state index contributed by atoms with van der Waals surface area (Å²) in [7, 11) is 5.81. The first-order valence-corrected chi connectivity index (χ1v) is 10.3. The van der Waals surface area contributed by atoms with Crippen LogP contribution in [0.1, 0.15) is 36.8 Å². The highest BCUT2D eigenvalue weighted by Gasteiger charge is 2.45. The fourth-order valence-electron chi connectivity index (χ4n) is 4.43. The number of hydrogen-bond acceptors (Lipinski definition) is 3. The summed E-state index contributed by atoms with van der Waals surface area (Å²) >= 11 is 6.33. The van der Waals surface area contributed by atoms with Crippen LogP contribution in [-0.2, 0) is 10.3 Å². The first-order valence-electron chi connectivity index (χ1n) is 9.93. The van der Waals surface area contributed by atoms with E-state index in [1.165, 1.54) is 0 Å². The number of halogens is 1. The van der Waals surface area contributed by atoms with Gasteiger partial charge >= 0.3 is 0 Å². The first kappa shape index (κ1) is 20.9. The Morgan fingerprint density at radius 2 is 1.89 bits per heavy atom. The fraction of sp³-hybridized carbons (Fsp3) is 0.417. The number of benzene rings is 2. The van der Waals surface area contributed by atoms with Crippen LogP contribution < -0.4 is 0 Å². The molecule has 4 heteroatoms. The van der Waals surface area contributed by atoms with Crippen molar-refractivity contribution in [2.75, 3.05) is 27.7 Å². The molecular weight excluding hydrogens is 370 g/mol. The third-order valence-corrected chi connectivity index (χ3v) is 5.88. The molecule has 0 heterocycles. The number of nitrogens with zero attached hydrogens (tertiary/aromatic N) is 1. The largest absolute Gasteiger partial charge is 0.496 e. The second-order valence-corrected chi connectivity index (χ2v) is 8.30. The van der Waals surface area contributed by atoms with Gasteiger partial charge in [0.15, 0.2) is 0 Å². The van der Waals surface area contributed by atoms with E-state index in [4.69, 9.17) is 16.3 Å². The minimum absolute atomic E-state index is 0.0485. The quantitative estimate of drug-likeness (QED) is 0.544. The van der Waals surface area contributed by atoms with Gasteiger partial charge < -0.3 is 14.7 Å². The van der Waals surface area contributed by atoms with E-state index in [0.29, 0.717) is 5.02 Å². The van der Waals surface area contributed by atoms with Crippen molar-refractivity contribution in [3.8, 4) is 0 Å². The van der Waals surface area contributed by atoms with Gasteiger partial charge in [0.05, 0.1) is 7.11 Å². The molecule has 1 aliphatic rings. The number of ether oxygens (including phenoxy) is 1. The summed E-state index contributed by atoms with van der Waals surface area (Å²) in [5.74, 6) is 0.820. The van der Waals surface area contributed by atoms with Crippen molar-refractivity contribution in [1.82, 2.24) is 4.90 Å². The van der Waals surface area contributed by atoms with Gasteiger partial charge in [0, 0.05) is 28.6 Å². The molecule has 1 aliphatic carbocycles. The zero-order chi connectivity index (χ0) is 20.1. The van der Waals surface area contributed by atoms with Crippen molar-refractivity contribution in [2.45, 2.75) is 31.3 Å². The van der Waals surface area contributed by atoms with Crippen LogP contribution in [0.15, 0.2) is 60.2 Å².